The summed E-state index contributed by atoms with van der Waals surface area (Å²) in [6.07, 6.45) is 0.694. The van der Waals surface area contributed by atoms with Gasteiger partial charge in [-0.2, -0.15) is 0 Å². The zero-order valence-electron chi connectivity index (χ0n) is 17.0. The number of carbonyl (C=O) groups is 3. The highest BCUT2D eigenvalue weighted by Crippen LogP contribution is 2.19. The average molecular weight is 410 g/mol. The summed E-state index contributed by atoms with van der Waals surface area (Å²) in [6, 6.07) is 17.2. The van der Waals surface area contributed by atoms with Gasteiger partial charge in [0.2, 0.25) is 5.91 Å². The van der Waals surface area contributed by atoms with E-state index in [9.17, 15) is 14.4 Å². The number of rotatable bonds is 7. The normalized spacial score (nSPS) is 16.6. The first-order chi connectivity index (χ1) is 14.5. The number of ether oxygens (including phenoxy) is 2. The molecule has 1 unspecified atom stereocenters. The third-order valence-electron chi connectivity index (χ3n) is 4.93. The fraction of sp³-hybridized carbons (Fsp3) is 0.348. The quantitative estimate of drug-likeness (QED) is 0.709. The Hall–Kier alpha value is -3.35. The van der Waals surface area contributed by atoms with Gasteiger partial charge in [-0.25, -0.2) is 9.59 Å². The maximum absolute atomic E-state index is 12.7. The highest BCUT2D eigenvalue weighted by molar-refractivity contribution is 5.89. The minimum absolute atomic E-state index is 0.140. The molecule has 1 aliphatic heterocycles. The van der Waals surface area contributed by atoms with Crippen LogP contribution in [0.2, 0.25) is 0 Å². The van der Waals surface area contributed by atoms with Gasteiger partial charge in [0.1, 0.15) is 25.3 Å². The van der Waals surface area contributed by atoms with Crippen molar-refractivity contribution in [1.29, 1.82) is 0 Å². The van der Waals surface area contributed by atoms with Crippen molar-refractivity contribution in [3.8, 4) is 0 Å². The molecule has 0 radical (unpaired) electrons. The molecule has 3 rings (SSSR count). The summed E-state index contributed by atoms with van der Waals surface area (Å²) in [4.78, 5) is 38.7. The van der Waals surface area contributed by atoms with E-state index in [0.29, 0.717) is 19.4 Å². The van der Waals surface area contributed by atoms with Crippen molar-refractivity contribution in [2.24, 2.45) is 0 Å². The molecule has 2 aromatic carbocycles. The van der Waals surface area contributed by atoms with Crippen molar-refractivity contribution in [1.82, 2.24) is 10.2 Å². The Kier molecular flexibility index (Phi) is 7.43. The molecule has 158 valence electrons. The van der Waals surface area contributed by atoms with Gasteiger partial charge in [0.25, 0.3) is 0 Å². The van der Waals surface area contributed by atoms with Crippen LogP contribution < -0.4 is 5.32 Å². The number of nitrogens with zero attached hydrogens (tertiary/aromatic N) is 1. The number of amides is 2. The van der Waals surface area contributed by atoms with E-state index in [0.717, 1.165) is 11.1 Å². The van der Waals surface area contributed by atoms with E-state index >= 15 is 0 Å². The predicted octanol–water partition coefficient (Wildman–Crippen LogP) is 3.04. The first-order valence-electron chi connectivity index (χ1n) is 10.0. The van der Waals surface area contributed by atoms with Gasteiger partial charge in [0.05, 0.1) is 0 Å². The van der Waals surface area contributed by atoms with Crippen LogP contribution in [0.4, 0.5) is 4.79 Å². The van der Waals surface area contributed by atoms with Crippen LogP contribution in [0.1, 0.15) is 30.9 Å². The lowest BCUT2D eigenvalue weighted by Gasteiger charge is -2.24. The Bertz CT molecular complexity index is 856. The monoisotopic (exact) mass is 410 g/mol. The molecule has 1 saturated heterocycles. The summed E-state index contributed by atoms with van der Waals surface area (Å²) in [5.41, 5.74) is 1.74. The number of nitrogens with one attached hydrogen (secondary N) is 1. The SMILES string of the molecule is C[C@H](NC(=O)C1CCCN1C(=O)OCc1ccccc1)C(=O)OCc1ccccc1. The molecule has 0 aliphatic carbocycles. The van der Waals surface area contributed by atoms with Crippen molar-refractivity contribution < 1.29 is 23.9 Å². The maximum atomic E-state index is 12.7. The number of hydrogen-bond acceptors (Lipinski definition) is 5. The van der Waals surface area contributed by atoms with Gasteiger partial charge < -0.3 is 14.8 Å². The summed E-state index contributed by atoms with van der Waals surface area (Å²) in [7, 11) is 0. The van der Waals surface area contributed by atoms with Crippen LogP contribution in [-0.2, 0) is 32.3 Å². The molecule has 30 heavy (non-hydrogen) atoms. The molecular weight excluding hydrogens is 384 g/mol. The van der Waals surface area contributed by atoms with E-state index in [4.69, 9.17) is 9.47 Å². The topological polar surface area (TPSA) is 84.9 Å². The molecule has 7 nitrogen and oxygen atoms in total. The van der Waals surface area contributed by atoms with Crippen LogP contribution in [0.3, 0.4) is 0 Å². The second-order valence-corrected chi connectivity index (χ2v) is 7.22. The predicted molar refractivity (Wildman–Crippen MR) is 110 cm³/mol. The largest absolute Gasteiger partial charge is 0.459 e. The van der Waals surface area contributed by atoms with Crippen LogP contribution in [0.15, 0.2) is 60.7 Å². The minimum Gasteiger partial charge on any atom is -0.459 e. The second-order valence-electron chi connectivity index (χ2n) is 7.22. The zero-order chi connectivity index (χ0) is 21.3. The fourth-order valence-corrected chi connectivity index (χ4v) is 3.28. The van der Waals surface area contributed by atoms with Gasteiger partial charge in [-0.1, -0.05) is 60.7 Å². The van der Waals surface area contributed by atoms with E-state index in [-0.39, 0.29) is 19.1 Å². The summed E-state index contributed by atoms with van der Waals surface area (Å²) in [5, 5.41) is 2.65. The summed E-state index contributed by atoms with van der Waals surface area (Å²) >= 11 is 0. The number of hydrogen-bond donors (Lipinski definition) is 1. The van der Waals surface area contributed by atoms with Gasteiger partial charge in [0.15, 0.2) is 0 Å². The number of benzene rings is 2. The lowest BCUT2D eigenvalue weighted by atomic mass is 10.2. The highest BCUT2D eigenvalue weighted by atomic mass is 16.6. The maximum Gasteiger partial charge on any atom is 0.410 e. The standard InChI is InChI=1S/C23H26N2O5/c1-17(22(27)29-15-18-9-4-2-5-10-18)24-21(26)20-13-8-14-25(20)23(28)30-16-19-11-6-3-7-12-19/h2-7,9-12,17,20H,8,13-16H2,1H3,(H,24,26)/t17-,20?/m0/s1. The molecule has 1 aliphatic rings. The minimum atomic E-state index is -0.816. The van der Waals surface area contributed by atoms with Gasteiger partial charge in [-0.15, -0.1) is 0 Å². The second kappa shape index (κ2) is 10.4. The Morgan fingerprint density at radius 2 is 1.53 bits per heavy atom. The molecule has 2 amide bonds. The smallest absolute Gasteiger partial charge is 0.410 e. The van der Waals surface area contributed by atoms with Crippen LogP contribution >= 0.6 is 0 Å². The van der Waals surface area contributed by atoms with E-state index in [2.05, 4.69) is 5.32 Å². The molecule has 1 N–H and O–H groups in total. The van der Waals surface area contributed by atoms with Crippen LogP contribution in [0, 0.1) is 0 Å². The van der Waals surface area contributed by atoms with E-state index in [1.807, 2.05) is 60.7 Å². The van der Waals surface area contributed by atoms with Crippen molar-refractivity contribution in [3.05, 3.63) is 71.8 Å². The molecule has 1 heterocycles. The lowest BCUT2D eigenvalue weighted by Crippen LogP contribution is -2.50. The molecule has 0 spiro atoms. The molecule has 7 heteroatoms. The molecule has 0 bridgehead atoms. The Labute approximate surface area is 176 Å². The third-order valence-corrected chi connectivity index (χ3v) is 4.93. The zero-order valence-corrected chi connectivity index (χ0v) is 17.0. The third kappa shape index (κ3) is 5.83. The van der Waals surface area contributed by atoms with Crippen molar-refractivity contribution in [3.63, 3.8) is 0 Å². The van der Waals surface area contributed by atoms with Gasteiger partial charge in [0, 0.05) is 6.54 Å². The van der Waals surface area contributed by atoms with Gasteiger partial charge in [-0.3, -0.25) is 9.69 Å². The van der Waals surface area contributed by atoms with Gasteiger partial charge in [-0.05, 0) is 30.9 Å². The molecule has 2 aromatic rings. The average Bonchev–Trinajstić information content (AvgIpc) is 3.27. The Balaban J connectivity index is 1.48. The lowest BCUT2D eigenvalue weighted by molar-refractivity contribution is -0.149. The van der Waals surface area contributed by atoms with E-state index < -0.39 is 24.1 Å². The molecule has 0 saturated carbocycles. The molecule has 1 fully saturated rings. The summed E-state index contributed by atoms with van der Waals surface area (Å²) < 4.78 is 10.6. The number of carbonyl (C=O) groups excluding carboxylic acids is 3. The van der Waals surface area contributed by atoms with E-state index in [1.54, 1.807) is 6.92 Å². The van der Waals surface area contributed by atoms with Crippen LogP contribution in [0.5, 0.6) is 0 Å². The van der Waals surface area contributed by atoms with Crippen molar-refractivity contribution >= 4 is 18.0 Å². The first-order valence-corrected chi connectivity index (χ1v) is 10.0. The van der Waals surface area contributed by atoms with Gasteiger partial charge >= 0.3 is 12.1 Å². The Morgan fingerprint density at radius 1 is 0.967 bits per heavy atom. The molecule has 2 atom stereocenters. The summed E-state index contributed by atoms with van der Waals surface area (Å²) in [6.45, 7) is 2.30. The molecular formula is C23H26N2O5. The summed E-state index contributed by atoms with van der Waals surface area (Å²) in [5.74, 6) is -0.906. The first kappa shape index (κ1) is 21.4. The Morgan fingerprint density at radius 3 is 2.13 bits per heavy atom. The van der Waals surface area contributed by atoms with Crippen LogP contribution in [0.25, 0.3) is 0 Å². The fourth-order valence-electron chi connectivity index (χ4n) is 3.28. The van der Waals surface area contributed by atoms with Crippen molar-refractivity contribution in [2.75, 3.05) is 6.54 Å². The highest BCUT2D eigenvalue weighted by Gasteiger charge is 2.36. The van der Waals surface area contributed by atoms with Crippen LogP contribution in [-0.4, -0.2) is 41.5 Å². The molecule has 0 aromatic heterocycles. The number of esters is 1. The van der Waals surface area contributed by atoms with Crippen molar-refractivity contribution in [2.45, 2.75) is 45.1 Å². The number of likely N-dealkylation sites (tertiary alicyclic amines) is 1. The van der Waals surface area contributed by atoms with E-state index in [1.165, 1.54) is 4.90 Å².